The molecular weight excluding hydrogens is 282 g/mol. The fourth-order valence-electron chi connectivity index (χ4n) is 1.15. The number of nitrogens with one attached hydrogen (secondary N) is 1. The first kappa shape index (κ1) is 13.1. The molecule has 1 rings (SSSR count). The van der Waals surface area contributed by atoms with Gasteiger partial charge in [0.25, 0.3) is 5.91 Å². The third-order valence-corrected chi connectivity index (χ3v) is 2.36. The van der Waals surface area contributed by atoms with Gasteiger partial charge in [0.15, 0.2) is 0 Å². The molecule has 0 radical (unpaired) electrons. The Balaban J connectivity index is 2.83. The van der Waals surface area contributed by atoms with Crippen molar-refractivity contribution in [2.24, 2.45) is 5.73 Å². The Morgan fingerprint density at radius 3 is 2.44 bits per heavy atom. The normalized spacial score (nSPS) is 10.2. The minimum absolute atomic E-state index is 0.251. The number of nitrogens with two attached hydrogens (primary N) is 1. The van der Waals surface area contributed by atoms with Crippen LogP contribution >= 0.6 is 15.9 Å². The van der Waals surface area contributed by atoms with E-state index < -0.39 is 23.1 Å². The summed E-state index contributed by atoms with van der Waals surface area (Å²) < 4.78 is 26.9. The Hall–Kier alpha value is -1.01. The zero-order valence-corrected chi connectivity index (χ0v) is 9.98. The molecule has 0 aliphatic heterocycles. The molecule has 16 heavy (non-hydrogen) atoms. The minimum Gasteiger partial charge on any atom is -0.352 e. The van der Waals surface area contributed by atoms with E-state index in [9.17, 15) is 13.6 Å². The predicted molar refractivity (Wildman–Crippen MR) is 60.1 cm³/mol. The van der Waals surface area contributed by atoms with E-state index in [2.05, 4.69) is 21.2 Å². The lowest BCUT2D eigenvalue weighted by Gasteiger charge is -2.06. The standard InChI is InChI=1S/C10H11BrF2N2O/c11-6-4-7(12)9(8(13)5-6)10(16)15-3-1-2-14/h4-5H,1-3,14H2,(H,15,16). The van der Waals surface area contributed by atoms with Gasteiger partial charge in [-0.25, -0.2) is 8.78 Å². The smallest absolute Gasteiger partial charge is 0.257 e. The summed E-state index contributed by atoms with van der Waals surface area (Å²) in [6, 6.07) is 2.09. The molecule has 0 fully saturated rings. The van der Waals surface area contributed by atoms with Crippen molar-refractivity contribution in [1.29, 1.82) is 0 Å². The fraction of sp³-hybridized carbons (Fsp3) is 0.300. The van der Waals surface area contributed by atoms with E-state index in [0.29, 0.717) is 19.5 Å². The largest absolute Gasteiger partial charge is 0.352 e. The van der Waals surface area contributed by atoms with Crippen LogP contribution in [-0.2, 0) is 0 Å². The molecule has 6 heteroatoms. The average Bonchev–Trinajstić information content (AvgIpc) is 2.16. The fourth-order valence-corrected chi connectivity index (χ4v) is 1.55. The van der Waals surface area contributed by atoms with Gasteiger partial charge in [-0.1, -0.05) is 15.9 Å². The number of halogens is 3. The van der Waals surface area contributed by atoms with E-state index in [1.807, 2.05) is 0 Å². The zero-order chi connectivity index (χ0) is 12.1. The second kappa shape index (κ2) is 5.91. The lowest BCUT2D eigenvalue weighted by atomic mass is 10.2. The molecule has 88 valence electrons. The van der Waals surface area contributed by atoms with Gasteiger partial charge < -0.3 is 11.1 Å². The van der Waals surface area contributed by atoms with Gasteiger partial charge in [0, 0.05) is 11.0 Å². The molecule has 0 unspecified atom stereocenters. The van der Waals surface area contributed by atoms with Gasteiger partial charge in [0.1, 0.15) is 17.2 Å². The van der Waals surface area contributed by atoms with E-state index in [4.69, 9.17) is 5.73 Å². The number of rotatable bonds is 4. The van der Waals surface area contributed by atoms with Crippen molar-refractivity contribution in [3.8, 4) is 0 Å². The summed E-state index contributed by atoms with van der Waals surface area (Å²) in [7, 11) is 0. The van der Waals surface area contributed by atoms with Gasteiger partial charge in [-0.2, -0.15) is 0 Å². The van der Waals surface area contributed by atoms with Crippen LogP contribution in [0.4, 0.5) is 8.78 Å². The predicted octanol–water partition coefficient (Wildman–Crippen LogP) is 1.81. The highest BCUT2D eigenvalue weighted by Crippen LogP contribution is 2.19. The molecule has 1 aromatic carbocycles. The molecule has 0 bridgehead atoms. The highest BCUT2D eigenvalue weighted by molar-refractivity contribution is 9.10. The highest BCUT2D eigenvalue weighted by atomic mass is 79.9. The van der Waals surface area contributed by atoms with E-state index in [0.717, 1.165) is 12.1 Å². The van der Waals surface area contributed by atoms with Gasteiger partial charge >= 0.3 is 0 Å². The maximum Gasteiger partial charge on any atom is 0.257 e. The first-order chi connectivity index (χ1) is 7.56. The van der Waals surface area contributed by atoms with Crippen LogP contribution in [0, 0.1) is 11.6 Å². The number of hydrogen-bond acceptors (Lipinski definition) is 2. The SMILES string of the molecule is NCCCNC(=O)c1c(F)cc(Br)cc1F. The number of benzene rings is 1. The van der Waals surface area contributed by atoms with Crippen LogP contribution < -0.4 is 11.1 Å². The summed E-state index contributed by atoms with van der Waals surface area (Å²) in [5.41, 5.74) is 4.66. The minimum atomic E-state index is -0.892. The first-order valence-electron chi connectivity index (χ1n) is 4.69. The van der Waals surface area contributed by atoms with Crippen LogP contribution in [0.5, 0.6) is 0 Å². The second-order valence-corrected chi connectivity index (χ2v) is 4.06. The van der Waals surface area contributed by atoms with E-state index in [1.54, 1.807) is 0 Å². The second-order valence-electron chi connectivity index (χ2n) is 3.14. The van der Waals surface area contributed by atoms with Crippen molar-refractivity contribution in [1.82, 2.24) is 5.32 Å². The molecule has 3 N–H and O–H groups in total. The van der Waals surface area contributed by atoms with E-state index in [-0.39, 0.29) is 4.47 Å². The van der Waals surface area contributed by atoms with Crippen LogP contribution in [0.1, 0.15) is 16.8 Å². The summed E-state index contributed by atoms with van der Waals surface area (Å²) in [5.74, 6) is -2.55. The Morgan fingerprint density at radius 1 is 1.38 bits per heavy atom. The Kier molecular flexibility index (Phi) is 4.82. The summed E-state index contributed by atoms with van der Waals surface area (Å²) in [6.45, 7) is 0.704. The molecule has 1 amide bonds. The molecule has 3 nitrogen and oxygen atoms in total. The van der Waals surface area contributed by atoms with Crippen LogP contribution in [0.2, 0.25) is 0 Å². The van der Waals surface area contributed by atoms with Crippen LogP contribution in [0.3, 0.4) is 0 Å². The molecular formula is C10H11BrF2N2O. The van der Waals surface area contributed by atoms with Crippen molar-refractivity contribution < 1.29 is 13.6 Å². The van der Waals surface area contributed by atoms with E-state index >= 15 is 0 Å². The third-order valence-electron chi connectivity index (χ3n) is 1.90. The molecule has 0 saturated heterocycles. The van der Waals surface area contributed by atoms with Gasteiger partial charge in [-0.15, -0.1) is 0 Å². The Morgan fingerprint density at radius 2 is 1.94 bits per heavy atom. The lowest BCUT2D eigenvalue weighted by molar-refractivity contribution is 0.0945. The van der Waals surface area contributed by atoms with Crippen molar-refractivity contribution in [2.45, 2.75) is 6.42 Å². The lowest BCUT2D eigenvalue weighted by Crippen LogP contribution is -2.27. The van der Waals surface area contributed by atoms with Crippen LogP contribution in [-0.4, -0.2) is 19.0 Å². The van der Waals surface area contributed by atoms with Crippen molar-refractivity contribution in [3.63, 3.8) is 0 Å². The third kappa shape index (κ3) is 3.24. The van der Waals surface area contributed by atoms with Gasteiger partial charge in [-0.3, -0.25) is 4.79 Å². The van der Waals surface area contributed by atoms with Gasteiger partial charge in [-0.05, 0) is 25.1 Å². The van der Waals surface area contributed by atoms with Crippen molar-refractivity contribution in [3.05, 3.63) is 33.8 Å². The number of amides is 1. The molecule has 0 aliphatic carbocycles. The van der Waals surface area contributed by atoms with Crippen LogP contribution in [0.15, 0.2) is 16.6 Å². The maximum atomic E-state index is 13.3. The summed E-state index contributed by atoms with van der Waals surface area (Å²) >= 11 is 2.93. The molecule has 1 aromatic rings. The monoisotopic (exact) mass is 292 g/mol. The number of hydrogen-bond donors (Lipinski definition) is 2. The van der Waals surface area contributed by atoms with Crippen molar-refractivity contribution in [2.75, 3.05) is 13.1 Å². The average molecular weight is 293 g/mol. The molecule has 0 heterocycles. The molecule has 0 saturated carbocycles. The summed E-state index contributed by atoms with van der Waals surface area (Å²) in [5, 5.41) is 2.39. The maximum absolute atomic E-state index is 13.3. The molecule has 0 aliphatic rings. The topological polar surface area (TPSA) is 55.1 Å². The van der Waals surface area contributed by atoms with Gasteiger partial charge in [0.2, 0.25) is 0 Å². The number of carbonyl (C=O) groups excluding carboxylic acids is 1. The van der Waals surface area contributed by atoms with Gasteiger partial charge in [0.05, 0.1) is 0 Å². The van der Waals surface area contributed by atoms with Crippen molar-refractivity contribution >= 4 is 21.8 Å². The molecule has 0 aromatic heterocycles. The highest BCUT2D eigenvalue weighted by Gasteiger charge is 2.17. The molecule has 0 atom stereocenters. The summed E-state index contributed by atoms with van der Waals surface area (Å²) in [4.78, 5) is 11.4. The summed E-state index contributed by atoms with van der Waals surface area (Å²) in [6.07, 6.45) is 0.561. The Bertz CT molecular complexity index is 375. The Labute approximate surface area is 100 Å². The van der Waals surface area contributed by atoms with E-state index in [1.165, 1.54) is 0 Å². The first-order valence-corrected chi connectivity index (χ1v) is 5.48. The molecule has 0 spiro atoms. The van der Waals surface area contributed by atoms with Crippen LogP contribution in [0.25, 0.3) is 0 Å². The quantitative estimate of drug-likeness (QED) is 0.832. The number of carbonyl (C=O) groups is 1. The zero-order valence-electron chi connectivity index (χ0n) is 8.40.